The third kappa shape index (κ3) is 4.72. The summed E-state index contributed by atoms with van der Waals surface area (Å²) in [7, 11) is 0. The molecule has 36 heavy (non-hydrogen) atoms. The first-order chi connectivity index (χ1) is 17.4. The Balaban J connectivity index is 1.55. The lowest BCUT2D eigenvalue weighted by Gasteiger charge is -2.13. The SMILES string of the molecule is Cc1ccc(NC(=O)CSc2nc3sc(C)c(-c4ccccc4)c3c(=O)n2-c2ccccc2)c(C)c1. The second kappa shape index (κ2) is 10.1. The Kier molecular flexibility index (Phi) is 6.76. The Bertz CT molecular complexity index is 1620. The Labute approximate surface area is 217 Å². The second-order valence-electron chi connectivity index (χ2n) is 8.61. The molecule has 0 aliphatic rings. The van der Waals surface area contributed by atoms with Crippen LogP contribution in [-0.4, -0.2) is 21.2 Å². The Morgan fingerprint density at radius 1 is 0.972 bits per heavy atom. The molecule has 3 aromatic carbocycles. The number of thiophene rings is 1. The molecule has 0 aliphatic heterocycles. The molecule has 0 atom stereocenters. The lowest BCUT2D eigenvalue weighted by molar-refractivity contribution is -0.113. The first-order valence-electron chi connectivity index (χ1n) is 11.6. The van der Waals surface area contributed by atoms with Crippen molar-refractivity contribution in [2.75, 3.05) is 11.1 Å². The Morgan fingerprint density at radius 2 is 1.67 bits per heavy atom. The van der Waals surface area contributed by atoms with Crippen LogP contribution in [0.3, 0.4) is 0 Å². The number of carbonyl (C=O) groups is 1. The van der Waals surface area contributed by atoms with E-state index in [-0.39, 0.29) is 17.2 Å². The summed E-state index contributed by atoms with van der Waals surface area (Å²) in [5.74, 6) is -0.0122. The molecule has 2 heterocycles. The van der Waals surface area contributed by atoms with Gasteiger partial charge in [0.1, 0.15) is 4.83 Å². The summed E-state index contributed by atoms with van der Waals surface area (Å²) in [5, 5.41) is 4.08. The number of nitrogens with zero attached hydrogens (tertiary/aromatic N) is 2. The topological polar surface area (TPSA) is 64.0 Å². The van der Waals surface area contributed by atoms with Gasteiger partial charge in [-0.25, -0.2) is 4.98 Å². The summed E-state index contributed by atoms with van der Waals surface area (Å²) in [4.78, 5) is 33.4. The number of amides is 1. The van der Waals surface area contributed by atoms with Crippen molar-refractivity contribution < 1.29 is 4.79 Å². The highest BCUT2D eigenvalue weighted by Crippen LogP contribution is 2.37. The highest BCUT2D eigenvalue weighted by Gasteiger charge is 2.21. The maximum atomic E-state index is 14.0. The van der Waals surface area contributed by atoms with Gasteiger partial charge in [0.2, 0.25) is 5.91 Å². The van der Waals surface area contributed by atoms with Crippen LogP contribution in [0.2, 0.25) is 0 Å². The maximum Gasteiger partial charge on any atom is 0.268 e. The summed E-state index contributed by atoms with van der Waals surface area (Å²) in [6.07, 6.45) is 0. The van der Waals surface area contributed by atoms with E-state index in [9.17, 15) is 9.59 Å². The maximum absolute atomic E-state index is 14.0. The second-order valence-corrected chi connectivity index (χ2v) is 10.8. The third-order valence-corrected chi connectivity index (χ3v) is 7.87. The molecule has 0 aliphatic carbocycles. The lowest BCUT2D eigenvalue weighted by Crippen LogP contribution is -2.22. The molecular formula is C29H25N3O2S2. The predicted octanol–water partition coefficient (Wildman–Crippen LogP) is 6.77. The van der Waals surface area contributed by atoms with Gasteiger partial charge in [0.05, 0.1) is 16.8 Å². The summed E-state index contributed by atoms with van der Waals surface area (Å²) in [6.45, 7) is 6.02. The van der Waals surface area contributed by atoms with Crippen LogP contribution in [0, 0.1) is 20.8 Å². The molecular weight excluding hydrogens is 486 g/mol. The van der Waals surface area contributed by atoms with Crippen molar-refractivity contribution in [2.24, 2.45) is 0 Å². The zero-order chi connectivity index (χ0) is 25.2. The minimum absolute atomic E-state index is 0.133. The van der Waals surface area contributed by atoms with E-state index in [0.29, 0.717) is 15.4 Å². The minimum Gasteiger partial charge on any atom is -0.325 e. The molecule has 0 spiro atoms. The van der Waals surface area contributed by atoms with E-state index in [1.807, 2.05) is 99.6 Å². The number of hydrogen-bond acceptors (Lipinski definition) is 5. The first-order valence-corrected chi connectivity index (χ1v) is 13.4. The van der Waals surface area contributed by atoms with Crippen LogP contribution in [0.1, 0.15) is 16.0 Å². The van der Waals surface area contributed by atoms with E-state index in [1.165, 1.54) is 23.1 Å². The summed E-state index contributed by atoms with van der Waals surface area (Å²) in [6, 6.07) is 25.3. The fraction of sp³-hybridized carbons (Fsp3) is 0.138. The molecule has 0 bridgehead atoms. The molecule has 1 N–H and O–H groups in total. The number of hydrogen-bond donors (Lipinski definition) is 1. The number of carbonyl (C=O) groups excluding carboxylic acids is 1. The highest BCUT2D eigenvalue weighted by molar-refractivity contribution is 7.99. The van der Waals surface area contributed by atoms with Gasteiger partial charge in [-0.15, -0.1) is 11.3 Å². The molecule has 0 radical (unpaired) electrons. The monoisotopic (exact) mass is 511 g/mol. The van der Waals surface area contributed by atoms with E-state index in [1.54, 1.807) is 4.57 Å². The van der Waals surface area contributed by atoms with E-state index >= 15 is 0 Å². The van der Waals surface area contributed by atoms with Gasteiger partial charge in [-0.2, -0.15) is 0 Å². The molecule has 1 amide bonds. The van der Waals surface area contributed by atoms with E-state index in [4.69, 9.17) is 4.98 Å². The molecule has 5 rings (SSSR count). The van der Waals surface area contributed by atoms with Gasteiger partial charge in [-0.1, -0.05) is 78.0 Å². The number of fused-ring (bicyclic) bond motifs is 1. The largest absolute Gasteiger partial charge is 0.325 e. The molecule has 7 heteroatoms. The fourth-order valence-electron chi connectivity index (χ4n) is 4.27. The number of para-hydroxylation sites is 1. The molecule has 5 nitrogen and oxygen atoms in total. The fourth-order valence-corrected chi connectivity index (χ4v) is 6.17. The predicted molar refractivity (Wildman–Crippen MR) is 151 cm³/mol. The van der Waals surface area contributed by atoms with E-state index < -0.39 is 0 Å². The number of thioether (sulfide) groups is 1. The normalized spacial score (nSPS) is 11.1. The zero-order valence-electron chi connectivity index (χ0n) is 20.2. The Hall–Kier alpha value is -3.68. The van der Waals surface area contributed by atoms with Crippen molar-refractivity contribution in [2.45, 2.75) is 25.9 Å². The molecule has 2 aromatic heterocycles. The van der Waals surface area contributed by atoms with Gasteiger partial charge in [-0.05, 0) is 50.1 Å². The van der Waals surface area contributed by atoms with Crippen molar-refractivity contribution in [3.05, 3.63) is 105 Å². The number of nitrogens with one attached hydrogen (secondary N) is 1. The molecule has 5 aromatic rings. The van der Waals surface area contributed by atoms with Crippen molar-refractivity contribution in [1.29, 1.82) is 0 Å². The summed E-state index contributed by atoms with van der Waals surface area (Å²) in [5.41, 5.74) is 5.44. The molecule has 0 saturated heterocycles. The van der Waals surface area contributed by atoms with Crippen LogP contribution in [-0.2, 0) is 4.79 Å². The van der Waals surface area contributed by atoms with E-state index in [0.717, 1.165) is 38.5 Å². The van der Waals surface area contributed by atoms with Crippen molar-refractivity contribution in [3.63, 3.8) is 0 Å². The Morgan fingerprint density at radius 3 is 2.36 bits per heavy atom. The highest BCUT2D eigenvalue weighted by atomic mass is 32.2. The third-order valence-electron chi connectivity index (χ3n) is 5.94. The first kappa shape index (κ1) is 24.0. The van der Waals surface area contributed by atoms with Gasteiger partial charge >= 0.3 is 0 Å². The van der Waals surface area contributed by atoms with Crippen LogP contribution in [0.15, 0.2) is 88.8 Å². The van der Waals surface area contributed by atoms with Gasteiger partial charge in [0.25, 0.3) is 5.56 Å². The molecule has 0 saturated carbocycles. The summed E-state index contributed by atoms with van der Waals surface area (Å²) < 4.78 is 1.62. The molecule has 180 valence electrons. The van der Waals surface area contributed by atoms with Crippen LogP contribution < -0.4 is 10.9 Å². The average molecular weight is 512 g/mol. The standard InChI is InChI=1S/C29H25N3O2S2/c1-18-14-15-23(19(2)16-18)30-24(33)17-35-29-31-27-26(28(34)32(29)22-12-8-5-9-13-22)25(20(3)36-27)21-10-6-4-7-11-21/h4-16H,17H2,1-3H3,(H,30,33). The van der Waals surface area contributed by atoms with E-state index in [2.05, 4.69) is 5.32 Å². The zero-order valence-corrected chi connectivity index (χ0v) is 21.9. The number of rotatable bonds is 6. The molecule has 0 fully saturated rings. The quantitative estimate of drug-likeness (QED) is 0.202. The van der Waals surface area contributed by atoms with Crippen molar-refractivity contribution >= 4 is 44.9 Å². The lowest BCUT2D eigenvalue weighted by atomic mass is 10.0. The minimum atomic E-state index is -0.145. The van der Waals surface area contributed by atoms with Crippen LogP contribution in [0.25, 0.3) is 27.0 Å². The van der Waals surface area contributed by atoms with Crippen LogP contribution >= 0.6 is 23.1 Å². The number of aryl methyl sites for hydroxylation is 3. The van der Waals surface area contributed by atoms with Crippen LogP contribution in [0.4, 0.5) is 5.69 Å². The van der Waals surface area contributed by atoms with Gasteiger partial charge in [-0.3, -0.25) is 14.2 Å². The smallest absolute Gasteiger partial charge is 0.268 e. The van der Waals surface area contributed by atoms with Crippen LogP contribution in [0.5, 0.6) is 0 Å². The summed E-state index contributed by atoms with van der Waals surface area (Å²) >= 11 is 2.77. The van der Waals surface area contributed by atoms with Gasteiger partial charge in [0.15, 0.2) is 5.16 Å². The average Bonchev–Trinajstić information content (AvgIpc) is 3.21. The number of benzene rings is 3. The number of anilines is 1. The van der Waals surface area contributed by atoms with Gasteiger partial charge in [0, 0.05) is 16.1 Å². The van der Waals surface area contributed by atoms with Crippen molar-refractivity contribution in [3.8, 4) is 16.8 Å². The van der Waals surface area contributed by atoms with Crippen molar-refractivity contribution in [1.82, 2.24) is 9.55 Å². The number of aromatic nitrogens is 2. The molecule has 0 unspecified atom stereocenters. The van der Waals surface area contributed by atoms with Gasteiger partial charge < -0.3 is 5.32 Å².